The summed E-state index contributed by atoms with van der Waals surface area (Å²) in [6.45, 7) is 16.4. The molecule has 1 atom stereocenters. The molecule has 1 aromatic heterocycles. The maximum atomic E-state index is 5.56. The minimum atomic E-state index is -0.271. The second-order valence-corrected chi connectivity index (χ2v) is 14.2. The molecule has 0 aliphatic rings. The zero-order valence-electron chi connectivity index (χ0n) is 32.8. The quantitative estimate of drug-likeness (QED) is 0.110. The van der Waals surface area contributed by atoms with Crippen LogP contribution in [-0.4, -0.2) is 9.78 Å². The van der Waals surface area contributed by atoms with E-state index in [2.05, 4.69) is 161 Å². The largest absolute Gasteiger partial charge is 4.00 e. The van der Waals surface area contributed by atoms with Gasteiger partial charge in [0.15, 0.2) is 0 Å². The second kappa shape index (κ2) is 20.4. The third-order valence-electron chi connectivity index (χ3n) is 9.39. The van der Waals surface area contributed by atoms with Crippen LogP contribution in [0.2, 0.25) is 0 Å². The fourth-order valence-corrected chi connectivity index (χ4v) is 6.53. The Balaban J connectivity index is 0.000000335. The molecular formula is C52H49HfN3. The first-order valence-corrected chi connectivity index (χ1v) is 19.0. The summed E-state index contributed by atoms with van der Waals surface area (Å²) in [4.78, 5) is 0. The molecule has 7 aromatic carbocycles. The monoisotopic (exact) mass is 895 g/mol. The van der Waals surface area contributed by atoms with E-state index < -0.39 is 0 Å². The Morgan fingerprint density at radius 1 is 0.571 bits per heavy atom. The molecule has 0 spiro atoms. The molecule has 0 bridgehead atoms. The average Bonchev–Trinajstić information content (AvgIpc) is 3.66. The van der Waals surface area contributed by atoms with E-state index in [9.17, 15) is 0 Å². The van der Waals surface area contributed by atoms with E-state index in [0.29, 0.717) is 11.8 Å². The molecule has 0 saturated heterocycles. The molecule has 1 unspecified atom stereocenters. The molecule has 0 radical (unpaired) electrons. The molecule has 3 nitrogen and oxygen atoms in total. The van der Waals surface area contributed by atoms with Crippen molar-refractivity contribution >= 4 is 16.5 Å². The standard InChI is InChI=1S/C38H35N3.2C7H7.Hf/c1-26(2)31-22-14-23-32(27(3)4)38(31)39-37(30-18-9-6-10-19-30)34-25-36(29-16-7-5-8-17-29)41(40-34)35-24-13-20-28-15-11-12-21-33(28)35;2*1-7-5-3-2-4-6-7;/h5-23,25-27,37H,1-4H3;2*2-6H,1H2;/q-2;2*-1;+4. The van der Waals surface area contributed by atoms with Gasteiger partial charge in [0.1, 0.15) is 0 Å². The Morgan fingerprint density at radius 3 is 1.59 bits per heavy atom. The third kappa shape index (κ3) is 10.6. The minimum Gasteiger partial charge on any atom is -0.673 e. The summed E-state index contributed by atoms with van der Waals surface area (Å²) in [5.41, 5.74) is 10.8. The topological polar surface area (TPSA) is 31.9 Å². The van der Waals surface area contributed by atoms with Gasteiger partial charge in [-0.05, 0) is 29.6 Å². The SMILES string of the molecule is CC(C)c1cccc(C(C)C)c1[N-]C(c1ccccc1)c1cc(-c2ccccc2)n(-c2[c-]ccc3ccccc23)n1.[CH2-]c1ccccc1.[CH2-]c1ccccc1.[Hf+4]. The van der Waals surface area contributed by atoms with Crippen molar-refractivity contribution in [3.63, 3.8) is 0 Å². The minimum absolute atomic E-state index is 0. The Hall–Kier alpha value is -5.58. The van der Waals surface area contributed by atoms with Gasteiger partial charge in [-0.25, -0.2) is 0 Å². The van der Waals surface area contributed by atoms with Crippen molar-refractivity contribution in [1.82, 2.24) is 9.78 Å². The van der Waals surface area contributed by atoms with E-state index in [4.69, 9.17) is 10.4 Å². The first-order chi connectivity index (χ1) is 26.8. The number of aromatic nitrogens is 2. The van der Waals surface area contributed by atoms with Gasteiger partial charge in [-0.15, -0.1) is 46.8 Å². The predicted octanol–water partition coefficient (Wildman–Crippen LogP) is 14.3. The fourth-order valence-electron chi connectivity index (χ4n) is 6.53. The van der Waals surface area contributed by atoms with Crippen LogP contribution in [0.5, 0.6) is 0 Å². The van der Waals surface area contributed by atoms with E-state index in [1.54, 1.807) is 0 Å². The van der Waals surface area contributed by atoms with Crippen LogP contribution in [0, 0.1) is 19.9 Å². The molecule has 0 aliphatic heterocycles. The number of fused-ring (bicyclic) bond motifs is 1. The second-order valence-electron chi connectivity index (χ2n) is 14.2. The Bertz CT molecular complexity index is 2300. The zero-order valence-corrected chi connectivity index (χ0v) is 36.4. The Labute approximate surface area is 353 Å². The van der Waals surface area contributed by atoms with Gasteiger partial charge >= 0.3 is 25.8 Å². The van der Waals surface area contributed by atoms with Crippen LogP contribution < -0.4 is 0 Å². The van der Waals surface area contributed by atoms with Crippen molar-refractivity contribution in [1.29, 1.82) is 0 Å². The van der Waals surface area contributed by atoms with E-state index >= 15 is 0 Å². The van der Waals surface area contributed by atoms with Crippen molar-refractivity contribution in [2.75, 3.05) is 0 Å². The molecule has 8 aromatic rings. The molecule has 4 heteroatoms. The first kappa shape index (κ1) is 41.6. The summed E-state index contributed by atoms with van der Waals surface area (Å²) in [7, 11) is 0. The van der Waals surface area contributed by atoms with E-state index in [1.807, 2.05) is 72.8 Å². The van der Waals surface area contributed by atoms with Crippen LogP contribution in [0.4, 0.5) is 5.69 Å². The molecule has 0 amide bonds. The van der Waals surface area contributed by atoms with Gasteiger partial charge in [0, 0.05) is 5.56 Å². The number of rotatable bonds is 8. The van der Waals surface area contributed by atoms with Crippen molar-refractivity contribution in [3.8, 4) is 16.9 Å². The van der Waals surface area contributed by atoms with Crippen molar-refractivity contribution in [2.45, 2.75) is 45.6 Å². The normalized spacial score (nSPS) is 11.1. The summed E-state index contributed by atoms with van der Waals surface area (Å²) in [5, 5.41) is 13.2. The van der Waals surface area contributed by atoms with Crippen molar-refractivity contribution in [2.24, 2.45) is 0 Å². The number of nitrogens with zero attached hydrogens (tertiary/aromatic N) is 3. The van der Waals surface area contributed by atoms with Crippen molar-refractivity contribution < 1.29 is 25.8 Å². The van der Waals surface area contributed by atoms with Crippen molar-refractivity contribution in [3.05, 3.63) is 241 Å². The Morgan fingerprint density at radius 2 is 1.07 bits per heavy atom. The number of hydrogen-bond acceptors (Lipinski definition) is 1. The van der Waals surface area contributed by atoms with E-state index in [1.165, 1.54) is 11.1 Å². The molecule has 0 N–H and O–H groups in total. The smallest absolute Gasteiger partial charge is 0.673 e. The number of para-hydroxylation sites is 1. The van der Waals surface area contributed by atoms with Gasteiger partial charge in [-0.3, -0.25) is 4.68 Å². The van der Waals surface area contributed by atoms with Crippen LogP contribution in [0.15, 0.2) is 182 Å². The molecule has 8 rings (SSSR count). The van der Waals surface area contributed by atoms with Crippen LogP contribution in [0.25, 0.3) is 33.0 Å². The third-order valence-corrected chi connectivity index (χ3v) is 9.39. The maximum Gasteiger partial charge on any atom is 4.00 e. The van der Waals surface area contributed by atoms with Crippen LogP contribution in [-0.2, 0) is 25.8 Å². The molecule has 56 heavy (non-hydrogen) atoms. The van der Waals surface area contributed by atoms with Gasteiger partial charge < -0.3 is 5.32 Å². The average molecular weight is 894 g/mol. The van der Waals surface area contributed by atoms with Crippen LogP contribution in [0.3, 0.4) is 0 Å². The van der Waals surface area contributed by atoms with Gasteiger partial charge in [-0.2, -0.15) is 72.5 Å². The Kier molecular flexibility index (Phi) is 15.1. The zero-order chi connectivity index (χ0) is 38.6. The van der Waals surface area contributed by atoms with Gasteiger partial charge in [0.2, 0.25) is 0 Å². The summed E-state index contributed by atoms with van der Waals surface area (Å²) < 4.78 is 2.05. The summed E-state index contributed by atoms with van der Waals surface area (Å²) >= 11 is 0. The summed E-state index contributed by atoms with van der Waals surface area (Å²) in [5.74, 6) is 0.707. The number of hydrogen-bond donors (Lipinski definition) is 0. The summed E-state index contributed by atoms with van der Waals surface area (Å²) in [6.07, 6.45) is 0. The number of benzene rings is 7. The molecule has 276 valence electrons. The van der Waals surface area contributed by atoms with Gasteiger partial charge in [0.05, 0.1) is 11.4 Å². The van der Waals surface area contributed by atoms with E-state index in [0.717, 1.165) is 55.8 Å². The van der Waals surface area contributed by atoms with Crippen LogP contribution in [0.1, 0.15) is 79.1 Å². The molecule has 0 aliphatic carbocycles. The fraction of sp³-hybridized carbons (Fsp3) is 0.135. The molecule has 0 fully saturated rings. The molecular weight excluding hydrogens is 845 g/mol. The maximum absolute atomic E-state index is 5.56. The van der Waals surface area contributed by atoms with Gasteiger partial charge in [-0.1, -0.05) is 154 Å². The molecule has 1 heterocycles. The summed E-state index contributed by atoms with van der Waals surface area (Å²) in [6, 6.07) is 65.3. The first-order valence-electron chi connectivity index (χ1n) is 19.0. The predicted molar refractivity (Wildman–Crippen MR) is 233 cm³/mol. The van der Waals surface area contributed by atoms with E-state index in [-0.39, 0.29) is 31.9 Å². The molecule has 0 saturated carbocycles. The van der Waals surface area contributed by atoms with Gasteiger partial charge in [0.25, 0.3) is 0 Å². The van der Waals surface area contributed by atoms with Crippen LogP contribution >= 0.6 is 0 Å².